The van der Waals surface area contributed by atoms with Gasteiger partial charge in [-0.2, -0.15) is 0 Å². The van der Waals surface area contributed by atoms with Crippen LogP contribution in [-0.4, -0.2) is 26.5 Å². The van der Waals surface area contributed by atoms with Crippen LogP contribution in [0.25, 0.3) is 22.3 Å². The minimum atomic E-state index is -1.84. The van der Waals surface area contributed by atoms with Crippen molar-refractivity contribution in [2.75, 3.05) is 0 Å². The third-order valence-electron chi connectivity index (χ3n) is 6.23. The lowest BCUT2D eigenvalue weighted by molar-refractivity contribution is -0.172. The first-order valence-corrected chi connectivity index (χ1v) is 10.2. The predicted molar refractivity (Wildman–Crippen MR) is 112 cm³/mol. The summed E-state index contributed by atoms with van der Waals surface area (Å²) in [6.45, 7) is 1.89. The molecule has 3 aromatic rings. The third-order valence-corrected chi connectivity index (χ3v) is 6.23. The Kier molecular flexibility index (Phi) is 4.23. The Morgan fingerprint density at radius 1 is 1.29 bits per heavy atom. The molecule has 158 valence electrons. The normalized spacial score (nSPS) is 19.0. The lowest BCUT2D eigenvalue weighted by Crippen LogP contribution is -2.44. The summed E-state index contributed by atoms with van der Waals surface area (Å²) in [6, 6.07) is 9.49. The van der Waals surface area contributed by atoms with Gasteiger partial charge in [0, 0.05) is 22.9 Å². The van der Waals surface area contributed by atoms with Crippen molar-refractivity contribution in [2.24, 2.45) is 5.73 Å². The lowest BCUT2D eigenvalue weighted by atomic mass is 9.86. The van der Waals surface area contributed by atoms with E-state index in [1.165, 1.54) is 0 Å². The van der Waals surface area contributed by atoms with Crippen molar-refractivity contribution in [2.45, 2.75) is 44.9 Å². The van der Waals surface area contributed by atoms with Crippen molar-refractivity contribution in [3.63, 3.8) is 0 Å². The molecule has 0 saturated heterocycles. The van der Waals surface area contributed by atoms with Gasteiger partial charge in [-0.1, -0.05) is 19.1 Å². The molecule has 0 bridgehead atoms. The first-order valence-electron chi connectivity index (χ1n) is 10.2. The van der Waals surface area contributed by atoms with E-state index in [0.29, 0.717) is 35.5 Å². The SMILES string of the molecule is CC[C@@]1(O)C(=O)OCc2c1cc1n(c2=O)Cc2cc3ccc(CCC(N)=O)cc3nc2-1. The smallest absolute Gasteiger partial charge is 0.343 e. The number of fused-ring (bicyclic) bond motifs is 5. The molecule has 0 spiro atoms. The summed E-state index contributed by atoms with van der Waals surface area (Å²) in [6.07, 6.45) is 0.884. The number of primary amides is 1. The average Bonchev–Trinajstić information content (AvgIpc) is 3.11. The molecule has 2 aromatic heterocycles. The zero-order chi connectivity index (χ0) is 21.9. The number of amides is 1. The van der Waals surface area contributed by atoms with Gasteiger partial charge in [0.2, 0.25) is 5.91 Å². The molecule has 0 radical (unpaired) electrons. The maximum atomic E-state index is 13.2. The number of rotatable bonds is 4. The number of nitrogens with zero attached hydrogens (tertiary/aromatic N) is 2. The summed E-state index contributed by atoms with van der Waals surface area (Å²) in [5.41, 5.74) is 7.53. The fraction of sp³-hybridized carbons (Fsp3) is 0.304. The van der Waals surface area contributed by atoms with E-state index >= 15 is 0 Å². The fourth-order valence-corrected chi connectivity index (χ4v) is 4.44. The van der Waals surface area contributed by atoms with Crippen molar-refractivity contribution in [3.8, 4) is 11.4 Å². The number of hydrogen-bond donors (Lipinski definition) is 2. The Morgan fingerprint density at radius 3 is 2.84 bits per heavy atom. The van der Waals surface area contributed by atoms with Crippen LogP contribution in [0.1, 0.15) is 42.0 Å². The van der Waals surface area contributed by atoms with Gasteiger partial charge in [-0.15, -0.1) is 0 Å². The van der Waals surface area contributed by atoms with E-state index in [2.05, 4.69) is 0 Å². The molecule has 31 heavy (non-hydrogen) atoms. The summed E-state index contributed by atoms with van der Waals surface area (Å²) >= 11 is 0. The van der Waals surface area contributed by atoms with E-state index in [9.17, 15) is 19.5 Å². The van der Waals surface area contributed by atoms with Crippen LogP contribution in [0.15, 0.2) is 35.1 Å². The van der Waals surface area contributed by atoms with Crippen molar-refractivity contribution in [1.82, 2.24) is 9.55 Å². The van der Waals surface area contributed by atoms with Crippen LogP contribution in [-0.2, 0) is 39.5 Å². The van der Waals surface area contributed by atoms with Gasteiger partial charge in [-0.3, -0.25) is 9.59 Å². The van der Waals surface area contributed by atoms with Gasteiger partial charge in [0.25, 0.3) is 5.56 Å². The molecule has 2 aliphatic rings. The number of carbonyl (C=O) groups excluding carboxylic acids is 2. The van der Waals surface area contributed by atoms with Crippen molar-refractivity contribution in [3.05, 3.63) is 62.9 Å². The second-order valence-corrected chi connectivity index (χ2v) is 8.09. The van der Waals surface area contributed by atoms with Crippen LogP contribution >= 0.6 is 0 Å². The second kappa shape index (κ2) is 6.75. The zero-order valence-corrected chi connectivity index (χ0v) is 17.0. The fourth-order valence-electron chi connectivity index (χ4n) is 4.44. The van der Waals surface area contributed by atoms with Gasteiger partial charge in [-0.25, -0.2) is 9.78 Å². The highest BCUT2D eigenvalue weighted by atomic mass is 16.6. The highest BCUT2D eigenvalue weighted by Gasteiger charge is 2.45. The highest BCUT2D eigenvalue weighted by Crippen LogP contribution is 2.38. The molecule has 0 fully saturated rings. The van der Waals surface area contributed by atoms with Gasteiger partial charge in [-0.05, 0) is 36.6 Å². The highest BCUT2D eigenvalue weighted by molar-refractivity contribution is 5.86. The van der Waals surface area contributed by atoms with E-state index < -0.39 is 11.6 Å². The number of carbonyl (C=O) groups is 2. The van der Waals surface area contributed by atoms with E-state index in [-0.39, 0.29) is 30.9 Å². The number of aromatic nitrogens is 2. The Balaban J connectivity index is 1.67. The topological polar surface area (TPSA) is 125 Å². The van der Waals surface area contributed by atoms with Crippen LogP contribution in [0.4, 0.5) is 0 Å². The van der Waals surface area contributed by atoms with E-state index in [4.69, 9.17) is 15.5 Å². The quantitative estimate of drug-likeness (QED) is 0.483. The Hall–Kier alpha value is -3.52. The molecule has 2 aliphatic heterocycles. The van der Waals surface area contributed by atoms with Crippen LogP contribution in [0, 0.1) is 0 Å². The van der Waals surface area contributed by atoms with Gasteiger partial charge in [0.15, 0.2) is 5.60 Å². The number of ether oxygens (including phenoxy) is 1. The Bertz CT molecular complexity index is 1340. The largest absolute Gasteiger partial charge is 0.458 e. The van der Waals surface area contributed by atoms with Crippen LogP contribution < -0.4 is 11.3 Å². The Labute approximate surface area is 177 Å². The number of hydrogen-bond acceptors (Lipinski definition) is 6. The average molecular weight is 419 g/mol. The maximum Gasteiger partial charge on any atom is 0.343 e. The number of pyridine rings is 2. The number of benzene rings is 1. The van der Waals surface area contributed by atoms with Gasteiger partial charge >= 0.3 is 5.97 Å². The number of nitrogens with two attached hydrogens (primary N) is 1. The summed E-state index contributed by atoms with van der Waals surface area (Å²) in [5.74, 6) is -1.10. The number of esters is 1. The first-order chi connectivity index (χ1) is 14.8. The van der Waals surface area contributed by atoms with Gasteiger partial charge in [0.05, 0.1) is 29.0 Å². The van der Waals surface area contributed by atoms with Crippen molar-refractivity contribution >= 4 is 22.8 Å². The first kappa shape index (κ1) is 19.4. The number of cyclic esters (lactones) is 1. The van der Waals surface area contributed by atoms with Crippen LogP contribution in [0.3, 0.4) is 0 Å². The molecular formula is C23H21N3O5. The molecular weight excluding hydrogens is 398 g/mol. The maximum absolute atomic E-state index is 13.2. The molecule has 3 N–H and O–H groups in total. The van der Waals surface area contributed by atoms with E-state index in [1.54, 1.807) is 17.6 Å². The second-order valence-electron chi connectivity index (χ2n) is 8.09. The molecule has 5 rings (SSSR count). The van der Waals surface area contributed by atoms with Gasteiger partial charge in [0.1, 0.15) is 6.61 Å². The molecule has 1 amide bonds. The summed E-state index contributed by atoms with van der Waals surface area (Å²) in [7, 11) is 0. The lowest BCUT2D eigenvalue weighted by Gasteiger charge is -2.31. The van der Waals surface area contributed by atoms with E-state index in [1.807, 2.05) is 24.3 Å². The monoisotopic (exact) mass is 419 g/mol. The van der Waals surface area contributed by atoms with Gasteiger partial charge < -0.3 is 20.1 Å². The summed E-state index contributed by atoms with van der Waals surface area (Å²) in [4.78, 5) is 41.3. The zero-order valence-electron chi connectivity index (χ0n) is 17.0. The number of aryl methyl sites for hydroxylation is 1. The van der Waals surface area contributed by atoms with Crippen molar-refractivity contribution in [1.29, 1.82) is 0 Å². The molecule has 0 aliphatic carbocycles. The Morgan fingerprint density at radius 2 is 2.10 bits per heavy atom. The van der Waals surface area contributed by atoms with Crippen LogP contribution in [0.2, 0.25) is 0 Å². The molecule has 1 aromatic carbocycles. The predicted octanol–water partition coefficient (Wildman–Crippen LogP) is 1.50. The minimum absolute atomic E-state index is 0.100. The summed E-state index contributed by atoms with van der Waals surface area (Å²) in [5, 5.41) is 11.9. The molecule has 4 heterocycles. The molecule has 8 nitrogen and oxygen atoms in total. The van der Waals surface area contributed by atoms with E-state index in [0.717, 1.165) is 22.0 Å². The molecule has 1 atom stereocenters. The third kappa shape index (κ3) is 2.86. The number of aliphatic hydroxyl groups is 1. The van der Waals surface area contributed by atoms with Crippen molar-refractivity contribution < 1.29 is 19.4 Å². The van der Waals surface area contributed by atoms with Crippen LogP contribution in [0.5, 0.6) is 0 Å². The standard InChI is InChI=1S/C23H21N3O5/c1-2-23(30)16-9-18-20-14(10-26(18)21(28)15(16)11-31-22(23)29)8-13-5-3-12(4-6-19(24)27)7-17(13)25-20/h3,5,7-9,30H,2,4,6,10-11H2,1H3,(H2,24,27)/t23-/m0/s1. The molecule has 0 saturated carbocycles. The summed E-state index contributed by atoms with van der Waals surface area (Å²) < 4.78 is 6.70. The minimum Gasteiger partial charge on any atom is -0.458 e. The molecule has 0 unspecified atom stereocenters. The molecule has 8 heteroatoms.